The van der Waals surface area contributed by atoms with Gasteiger partial charge in [-0.2, -0.15) is 0 Å². The number of oxime groups is 1. The predicted molar refractivity (Wildman–Crippen MR) is 292 cm³/mol. The summed E-state index contributed by atoms with van der Waals surface area (Å²) < 4.78 is 25.6. The quantitative estimate of drug-likeness (QED) is 0.0406. The van der Waals surface area contributed by atoms with E-state index >= 15 is 0 Å². The van der Waals surface area contributed by atoms with Gasteiger partial charge in [0.05, 0.1) is 51.9 Å². The number of benzene rings is 5. The van der Waals surface area contributed by atoms with E-state index in [4.69, 9.17) is 39.8 Å². The van der Waals surface area contributed by atoms with Gasteiger partial charge in [0.25, 0.3) is 0 Å². The van der Waals surface area contributed by atoms with Gasteiger partial charge in [-0.15, -0.1) is 12.4 Å². The number of halogens is 1. The lowest BCUT2D eigenvalue weighted by Crippen LogP contribution is -2.11. The van der Waals surface area contributed by atoms with Gasteiger partial charge in [-0.05, 0) is 183 Å². The normalized spacial score (nSPS) is 15.4. The number of methoxy groups -OCH3 is 5. The van der Waals surface area contributed by atoms with Crippen molar-refractivity contribution in [2.24, 2.45) is 11.1 Å². The molecule has 17 heteroatoms. The van der Waals surface area contributed by atoms with E-state index in [2.05, 4.69) is 29.3 Å². The molecule has 0 atom stereocenters. The summed E-state index contributed by atoms with van der Waals surface area (Å²) in [7, 11) is 7.98. The average Bonchev–Trinajstić information content (AvgIpc) is 3.86. The van der Waals surface area contributed by atoms with E-state index < -0.39 is 4.92 Å². The third-order valence-corrected chi connectivity index (χ3v) is 13.7. The predicted octanol–water partition coefficient (Wildman–Crippen LogP) is 10.9. The van der Waals surface area contributed by atoms with E-state index in [0.29, 0.717) is 37.9 Å². The highest BCUT2D eigenvalue weighted by atomic mass is 35.5. The second kappa shape index (κ2) is 31.0. The van der Waals surface area contributed by atoms with Crippen molar-refractivity contribution in [2.75, 3.05) is 41.3 Å². The zero-order valence-electron chi connectivity index (χ0n) is 43.9. The van der Waals surface area contributed by atoms with Crippen LogP contribution in [0.1, 0.15) is 131 Å². The highest BCUT2D eigenvalue weighted by molar-refractivity contribution is 6.02. The van der Waals surface area contributed by atoms with E-state index in [-0.39, 0.29) is 35.4 Å². The lowest BCUT2D eigenvalue weighted by atomic mass is 9.90. The minimum Gasteiger partial charge on any atom is -0.497 e. The van der Waals surface area contributed by atoms with Gasteiger partial charge < -0.3 is 39.8 Å². The summed E-state index contributed by atoms with van der Waals surface area (Å²) in [6.07, 6.45) is 17.6. The van der Waals surface area contributed by atoms with Gasteiger partial charge in [-0.25, -0.2) is 5.90 Å². The Bertz CT molecular complexity index is 2760. The summed E-state index contributed by atoms with van der Waals surface area (Å²) in [5, 5.41) is 29.5. The average molecular weight is 1050 g/mol. The van der Waals surface area contributed by atoms with Gasteiger partial charge in [0.2, 0.25) is 0 Å². The molecule has 6 N–H and O–H groups in total. The first-order valence-corrected chi connectivity index (χ1v) is 25.2. The number of nitrogens with two attached hydrogens (primary N) is 2. The second-order valence-corrected chi connectivity index (χ2v) is 18.5. The second-order valence-electron chi connectivity index (χ2n) is 18.5. The Balaban J connectivity index is 0.000000201. The zero-order chi connectivity index (χ0) is 53.6. The lowest BCUT2D eigenvalue weighted by Gasteiger charge is -2.17. The first-order valence-electron chi connectivity index (χ1n) is 25.2. The van der Waals surface area contributed by atoms with Gasteiger partial charge in [0, 0.05) is 49.3 Å². The number of Topliss-reactive ketones (excluding diaryl/α,β-unsaturated/α-hetero) is 3. The third-order valence-electron chi connectivity index (χ3n) is 13.7. The first kappa shape index (κ1) is 60.5. The molecule has 0 bridgehead atoms. The number of hydrogen-bond donors (Lipinski definition) is 4. The Kier molecular flexibility index (Phi) is 25.0. The molecule has 5 aromatic carbocycles. The Hall–Kier alpha value is -7.01. The molecule has 5 aliphatic rings. The number of ether oxygens (including phenoxy) is 5. The van der Waals surface area contributed by atoms with Crippen molar-refractivity contribution in [3.05, 3.63) is 145 Å². The van der Waals surface area contributed by atoms with E-state index in [1.807, 2.05) is 48.5 Å². The molecule has 16 nitrogen and oxygen atoms in total. The first-order chi connectivity index (χ1) is 35.9. The number of hydrogen-bond acceptors (Lipinski definition) is 15. The topological polar surface area (TPSA) is 245 Å². The molecule has 0 spiro atoms. The van der Waals surface area contributed by atoms with Gasteiger partial charge >= 0.3 is 5.69 Å². The number of rotatable bonds is 6. The molecule has 0 aliphatic heterocycles. The third kappa shape index (κ3) is 17.3. The standard InChI is InChI=1S/C12H13NO4.C12H17NO.C12H14O2.C11H13NO2.C11H12O2.ClH.H3NO/c1-17-12-7-9-5-10(14)4-2-3-8(9)6-11(12)13(15)16;1-14-12-8-10-6-4-2-3-5-9(10)7-11(12)13;1-14-12-6-5-9-3-2-4-11(13)7-10(9)8-12;1-14-9-6-5-8-3-2-4-11(12-13)10(8)7-9;1-13-9-6-5-8-3-2-4-11(12)10(8)7-9;;1-2/h6-7H,2-5H2,1H3;7-8H,2-6,13H2,1H3;5-6,8H,2-4,7H2,1H3;5-7,13H,2-4H2,1H3;5-7H,2-4H2,1H3;1H;2H,1H2/b;;;12-11-;;;. The van der Waals surface area contributed by atoms with Crippen LogP contribution in [-0.2, 0) is 61.0 Å². The van der Waals surface area contributed by atoms with Crippen molar-refractivity contribution >= 4 is 46.8 Å². The number of aryl methyl sites for hydroxylation is 6. The zero-order valence-corrected chi connectivity index (χ0v) is 44.7. The Labute approximate surface area is 446 Å². The van der Waals surface area contributed by atoms with Gasteiger partial charge in [0.1, 0.15) is 34.6 Å². The lowest BCUT2D eigenvalue weighted by molar-refractivity contribution is -0.385. The van der Waals surface area contributed by atoms with Crippen LogP contribution in [-0.4, -0.2) is 73.9 Å². The SMILES string of the molecule is COc1cc2c(cc1N)CCCCC2.COc1cc2c(cc1[N+](=O)[O-])CCCC(=O)C2.COc1ccc2c(c1)/C(=N\O)CCC2.COc1ccc2c(c1)C(=O)CCC2.COc1ccc2c(c1)CC(=O)CCC2.Cl.NO. The molecule has 0 heterocycles. The molecule has 404 valence electrons. The molecule has 75 heavy (non-hydrogen) atoms. The van der Waals surface area contributed by atoms with Crippen LogP contribution in [0.15, 0.2) is 84.0 Å². The molecule has 0 aromatic heterocycles. The van der Waals surface area contributed by atoms with E-state index in [1.54, 1.807) is 34.5 Å². The number of nitrogen functional groups attached to an aromatic ring is 1. The number of ketones is 3. The van der Waals surface area contributed by atoms with E-state index in [0.717, 1.165) is 126 Å². The summed E-state index contributed by atoms with van der Waals surface area (Å²) in [6.45, 7) is 0. The number of anilines is 1. The Morgan fingerprint density at radius 3 is 1.48 bits per heavy atom. The molecule has 10 rings (SSSR count). The van der Waals surface area contributed by atoms with Crippen LogP contribution >= 0.6 is 12.4 Å². The van der Waals surface area contributed by atoms with Crippen molar-refractivity contribution in [1.82, 2.24) is 0 Å². The van der Waals surface area contributed by atoms with Crippen molar-refractivity contribution in [2.45, 2.75) is 122 Å². The highest BCUT2D eigenvalue weighted by Crippen LogP contribution is 2.34. The van der Waals surface area contributed by atoms with Gasteiger partial charge in [-0.1, -0.05) is 29.8 Å². The molecule has 0 saturated heterocycles. The number of nitrogens with zero attached hydrogens (tertiary/aromatic N) is 2. The number of carbonyl (C=O) groups is 3. The molecule has 0 radical (unpaired) electrons. The smallest absolute Gasteiger partial charge is 0.311 e. The monoisotopic (exact) mass is 1050 g/mol. The summed E-state index contributed by atoms with van der Waals surface area (Å²) in [5.41, 5.74) is 18.7. The molecule has 0 unspecified atom stereocenters. The molecule has 5 aromatic rings. The largest absolute Gasteiger partial charge is 0.497 e. The fourth-order valence-electron chi connectivity index (χ4n) is 9.77. The van der Waals surface area contributed by atoms with Crippen LogP contribution in [0.5, 0.6) is 28.7 Å². The van der Waals surface area contributed by atoms with Crippen LogP contribution < -0.4 is 35.3 Å². The number of fused-ring (bicyclic) bond motifs is 5. The van der Waals surface area contributed by atoms with E-state index in [1.165, 1.54) is 67.5 Å². The van der Waals surface area contributed by atoms with Crippen molar-refractivity contribution in [3.63, 3.8) is 0 Å². The molecule has 5 aliphatic carbocycles. The minimum atomic E-state index is -0.453. The number of carbonyl (C=O) groups excluding carboxylic acids is 3. The van der Waals surface area contributed by atoms with Gasteiger partial charge in [-0.3, -0.25) is 24.5 Å². The molecule has 0 saturated carbocycles. The maximum atomic E-state index is 11.5. The fourth-order valence-corrected chi connectivity index (χ4v) is 9.77. The molecule has 0 fully saturated rings. The highest BCUT2D eigenvalue weighted by Gasteiger charge is 2.23. The Morgan fingerprint density at radius 1 is 0.480 bits per heavy atom. The number of nitro benzene ring substituents is 1. The fraction of sp³-hybridized carbons (Fsp3) is 0.414. The summed E-state index contributed by atoms with van der Waals surface area (Å²) in [6, 6.07) is 25.0. The summed E-state index contributed by atoms with van der Waals surface area (Å²) >= 11 is 0. The maximum Gasteiger partial charge on any atom is 0.311 e. The van der Waals surface area contributed by atoms with Crippen molar-refractivity contribution < 1.29 is 53.4 Å². The minimum absolute atomic E-state index is 0. The van der Waals surface area contributed by atoms with Crippen molar-refractivity contribution in [3.8, 4) is 28.7 Å². The van der Waals surface area contributed by atoms with Crippen LogP contribution in [0.2, 0.25) is 0 Å². The summed E-state index contributed by atoms with van der Waals surface area (Å²) in [5.74, 6) is 7.75. The van der Waals surface area contributed by atoms with Crippen LogP contribution in [0.4, 0.5) is 11.4 Å². The van der Waals surface area contributed by atoms with Crippen LogP contribution in [0.3, 0.4) is 0 Å². The van der Waals surface area contributed by atoms with Crippen molar-refractivity contribution in [1.29, 1.82) is 0 Å². The molecular weight excluding hydrogens is 980 g/mol. The maximum absolute atomic E-state index is 11.5. The molecule has 0 amide bonds. The molecular formula is C58H73ClN4O12. The number of nitro groups is 1. The van der Waals surface area contributed by atoms with Crippen LogP contribution in [0, 0.1) is 10.1 Å². The van der Waals surface area contributed by atoms with Gasteiger partial charge in [0.15, 0.2) is 11.5 Å². The summed E-state index contributed by atoms with van der Waals surface area (Å²) in [4.78, 5) is 44.8. The Morgan fingerprint density at radius 2 is 0.920 bits per heavy atom. The van der Waals surface area contributed by atoms with E-state index in [9.17, 15) is 24.5 Å². The van der Waals surface area contributed by atoms with Crippen LogP contribution in [0.25, 0.3) is 0 Å².